The van der Waals surface area contributed by atoms with Crippen LogP contribution in [0.1, 0.15) is 58.3 Å². The number of rotatable bonds is 11. The average molecular weight is 498 g/mol. The molecule has 0 atom stereocenters. The third kappa shape index (κ3) is 6.82. The summed E-state index contributed by atoms with van der Waals surface area (Å²) in [6.45, 7) is 2.03. The van der Waals surface area contributed by atoms with E-state index in [1.807, 2.05) is 6.92 Å². The molecule has 0 spiro atoms. The highest BCUT2D eigenvalue weighted by atomic mass is 127. The summed E-state index contributed by atoms with van der Waals surface area (Å²) < 4.78 is 114. The maximum absolute atomic E-state index is 13.4. The van der Waals surface area contributed by atoms with Crippen molar-refractivity contribution in [2.45, 2.75) is 82.2 Å². The minimum Gasteiger partial charge on any atom is -0.199 e. The van der Waals surface area contributed by atoms with Gasteiger partial charge in [0.05, 0.1) is 0 Å². The molecule has 0 radical (unpaired) electrons. The Morgan fingerprint density at radius 2 is 1.24 bits per heavy atom. The van der Waals surface area contributed by atoms with Crippen LogP contribution in [0.3, 0.4) is 0 Å². The molecule has 0 N–H and O–H groups in total. The SMILES string of the molecule is CCCCCCCC/C=C(\I)CC(F)(F)C(F)(F)C(F)(F)C(F)(F)F. The third-order valence-corrected chi connectivity index (χ3v) is 4.35. The molecule has 0 unspecified atom stereocenters. The first kappa shape index (κ1) is 24.8. The second-order valence-corrected chi connectivity index (χ2v) is 7.12. The molecule has 0 saturated heterocycles. The lowest BCUT2D eigenvalue weighted by molar-refractivity contribution is -0.395. The normalized spacial score (nSPS) is 14.9. The van der Waals surface area contributed by atoms with Gasteiger partial charge in [-0.05, 0) is 39.0 Å². The summed E-state index contributed by atoms with van der Waals surface area (Å²) in [6, 6.07) is 0. The van der Waals surface area contributed by atoms with Gasteiger partial charge in [-0.3, -0.25) is 0 Å². The Hall–Kier alpha value is -0.160. The summed E-state index contributed by atoms with van der Waals surface area (Å²) >= 11 is 1.25. The van der Waals surface area contributed by atoms with Gasteiger partial charge in [0.1, 0.15) is 0 Å². The molecule has 25 heavy (non-hydrogen) atoms. The van der Waals surface area contributed by atoms with Crippen molar-refractivity contribution in [3.63, 3.8) is 0 Å². The van der Waals surface area contributed by atoms with E-state index in [0.717, 1.165) is 38.2 Å². The lowest BCUT2D eigenvalue weighted by Gasteiger charge is -2.33. The number of halogens is 10. The van der Waals surface area contributed by atoms with Gasteiger partial charge in [-0.2, -0.15) is 39.5 Å². The highest BCUT2D eigenvalue weighted by Crippen LogP contribution is 2.54. The zero-order valence-electron chi connectivity index (χ0n) is 13.5. The minimum atomic E-state index is -6.82. The summed E-state index contributed by atoms with van der Waals surface area (Å²) in [4.78, 5) is 0. The zero-order chi connectivity index (χ0) is 19.9. The Balaban J connectivity index is 4.75. The Morgan fingerprint density at radius 3 is 1.72 bits per heavy atom. The number of hydrogen-bond donors (Lipinski definition) is 0. The second kappa shape index (κ2) is 9.68. The molecule has 150 valence electrons. The van der Waals surface area contributed by atoms with E-state index in [1.54, 1.807) is 0 Å². The van der Waals surface area contributed by atoms with Gasteiger partial charge < -0.3 is 0 Å². The van der Waals surface area contributed by atoms with E-state index in [0.29, 0.717) is 6.42 Å². The summed E-state index contributed by atoms with van der Waals surface area (Å²) in [5, 5.41) is 0. The Kier molecular flexibility index (Phi) is 9.62. The molecule has 0 aromatic rings. The average Bonchev–Trinajstić information content (AvgIpc) is 2.44. The first-order chi connectivity index (χ1) is 11.2. The van der Waals surface area contributed by atoms with Crippen molar-refractivity contribution in [3.05, 3.63) is 9.66 Å². The molecule has 0 nitrogen and oxygen atoms in total. The molecule has 0 rings (SSSR count). The molecule has 0 aromatic heterocycles. The summed E-state index contributed by atoms with van der Waals surface area (Å²) in [5.41, 5.74) is 0. The lowest BCUT2D eigenvalue weighted by atomic mass is 10.0. The van der Waals surface area contributed by atoms with Gasteiger partial charge in [0.15, 0.2) is 0 Å². The molecule has 0 aliphatic heterocycles. The van der Waals surface area contributed by atoms with Crippen LogP contribution >= 0.6 is 22.6 Å². The number of allylic oxidation sites excluding steroid dienone is 2. The monoisotopic (exact) mass is 498 g/mol. The van der Waals surface area contributed by atoms with Crippen molar-refractivity contribution in [1.29, 1.82) is 0 Å². The maximum Gasteiger partial charge on any atom is 0.460 e. The summed E-state index contributed by atoms with van der Waals surface area (Å²) in [7, 11) is 0. The van der Waals surface area contributed by atoms with E-state index >= 15 is 0 Å². The van der Waals surface area contributed by atoms with Crippen molar-refractivity contribution in [3.8, 4) is 0 Å². The van der Waals surface area contributed by atoms with Gasteiger partial charge in [-0.25, -0.2) is 0 Å². The van der Waals surface area contributed by atoms with E-state index in [2.05, 4.69) is 0 Å². The van der Waals surface area contributed by atoms with Crippen molar-refractivity contribution in [2.75, 3.05) is 0 Å². The zero-order valence-corrected chi connectivity index (χ0v) is 15.7. The van der Waals surface area contributed by atoms with Crippen LogP contribution in [0.25, 0.3) is 0 Å². The van der Waals surface area contributed by atoms with Crippen LogP contribution in [-0.2, 0) is 0 Å². The number of alkyl halides is 9. The number of unbranched alkanes of at least 4 members (excludes halogenated alkanes) is 6. The molecule has 0 aliphatic rings. The van der Waals surface area contributed by atoms with Crippen LogP contribution in [0.2, 0.25) is 0 Å². The highest BCUT2D eigenvalue weighted by molar-refractivity contribution is 14.1. The van der Waals surface area contributed by atoms with Crippen molar-refractivity contribution >= 4 is 22.6 Å². The van der Waals surface area contributed by atoms with Crippen LogP contribution in [-0.4, -0.2) is 23.9 Å². The second-order valence-electron chi connectivity index (χ2n) is 5.74. The van der Waals surface area contributed by atoms with Crippen LogP contribution in [0.5, 0.6) is 0 Å². The first-order valence-corrected chi connectivity index (χ1v) is 8.83. The smallest absolute Gasteiger partial charge is 0.199 e. The molecule has 0 fully saturated rings. The van der Waals surface area contributed by atoms with Crippen LogP contribution in [0.15, 0.2) is 9.66 Å². The molecular weight excluding hydrogens is 478 g/mol. The highest BCUT2D eigenvalue weighted by Gasteiger charge is 2.81. The molecule has 0 saturated carbocycles. The summed E-state index contributed by atoms with van der Waals surface area (Å²) in [6.07, 6.45) is -1.80. The van der Waals surface area contributed by atoms with Crippen molar-refractivity contribution in [2.24, 2.45) is 0 Å². The fourth-order valence-electron chi connectivity index (χ4n) is 1.99. The third-order valence-electron chi connectivity index (χ3n) is 3.52. The molecule has 0 aromatic carbocycles. The largest absolute Gasteiger partial charge is 0.460 e. The standard InChI is InChI=1S/C15H20F9I/c1-2-3-4-5-6-7-8-9-11(25)10-12(16,17)13(18,19)14(20,21)15(22,23)24/h9H,2-8,10H2,1H3/b11-9-. The van der Waals surface area contributed by atoms with E-state index in [-0.39, 0.29) is 10.0 Å². The van der Waals surface area contributed by atoms with Crippen LogP contribution in [0.4, 0.5) is 39.5 Å². The molecule has 0 amide bonds. The predicted molar refractivity (Wildman–Crippen MR) is 85.6 cm³/mol. The van der Waals surface area contributed by atoms with Crippen molar-refractivity contribution < 1.29 is 39.5 Å². The minimum absolute atomic E-state index is 0.266. The van der Waals surface area contributed by atoms with Gasteiger partial charge in [0.2, 0.25) is 0 Å². The summed E-state index contributed by atoms with van der Waals surface area (Å²) in [5.74, 6) is -18.9. The number of hydrogen-bond acceptors (Lipinski definition) is 0. The topological polar surface area (TPSA) is 0 Å². The van der Waals surface area contributed by atoms with Gasteiger partial charge in [0, 0.05) is 6.42 Å². The molecule has 0 heterocycles. The fourth-order valence-corrected chi connectivity index (χ4v) is 2.78. The molecular formula is C15H20F9I. The predicted octanol–water partition coefficient (Wildman–Crippen LogP) is 7.91. The van der Waals surface area contributed by atoms with E-state index in [4.69, 9.17) is 0 Å². The molecule has 0 aliphatic carbocycles. The van der Waals surface area contributed by atoms with E-state index in [9.17, 15) is 39.5 Å². The quantitative estimate of drug-likeness (QED) is 0.154. The Labute approximate surface area is 154 Å². The van der Waals surface area contributed by atoms with Crippen molar-refractivity contribution in [1.82, 2.24) is 0 Å². The fraction of sp³-hybridized carbons (Fsp3) is 0.867. The first-order valence-electron chi connectivity index (χ1n) is 7.75. The van der Waals surface area contributed by atoms with E-state index < -0.39 is 30.4 Å². The molecule has 0 bridgehead atoms. The van der Waals surface area contributed by atoms with E-state index in [1.165, 1.54) is 22.6 Å². The molecule has 10 heteroatoms. The lowest BCUT2D eigenvalue weighted by Crippen LogP contribution is -2.60. The Bertz CT molecular complexity index is 427. The van der Waals surface area contributed by atoms with Gasteiger partial charge in [0.25, 0.3) is 0 Å². The maximum atomic E-state index is 13.4. The van der Waals surface area contributed by atoms with Gasteiger partial charge >= 0.3 is 23.9 Å². The Morgan fingerprint density at radius 1 is 0.760 bits per heavy atom. The van der Waals surface area contributed by atoms with Crippen LogP contribution in [0, 0.1) is 0 Å². The van der Waals surface area contributed by atoms with Gasteiger partial charge in [-0.1, -0.05) is 45.1 Å². The van der Waals surface area contributed by atoms with Gasteiger partial charge in [-0.15, -0.1) is 0 Å². The van der Waals surface area contributed by atoms with Crippen LogP contribution < -0.4 is 0 Å².